The monoisotopic (exact) mass is 482 g/mol. The van der Waals surface area contributed by atoms with Gasteiger partial charge in [0, 0.05) is 23.0 Å². The third-order valence-electron chi connectivity index (χ3n) is 5.79. The van der Waals surface area contributed by atoms with Crippen molar-refractivity contribution in [2.45, 2.75) is 37.6 Å². The van der Waals surface area contributed by atoms with Crippen LogP contribution in [0.1, 0.15) is 51.0 Å². The second-order valence-electron chi connectivity index (χ2n) is 8.21. The highest BCUT2D eigenvalue weighted by atomic mass is 32.2. The molecule has 0 spiro atoms. The molecule has 178 valence electrons. The lowest BCUT2D eigenvalue weighted by Crippen LogP contribution is -2.18. The Morgan fingerprint density at radius 1 is 1.03 bits per heavy atom. The van der Waals surface area contributed by atoms with E-state index in [1.165, 1.54) is 43.5 Å². The molecule has 0 saturated heterocycles. The zero-order valence-corrected chi connectivity index (χ0v) is 20.0. The van der Waals surface area contributed by atoms with Gasteiger partial charge in [0.15, 0.2) is 6.61 Å². The number of Topliss-reactive ketones (excluding diaryl/α,β-unsaturated/α-hetero) is 1. The molecule has 0 unspecified atom stereocenters. The van der Waals surface area contributed by atoms with Crippen molar-refractivity contribution in [1.29, 1.82) is 0 Å². The number of carbonyl (C=O) groups is 2. The van der Waals surface area contributed by atoms with Crippen molar-refractivity contribution in [2.24, 2.45) is 0 Å². The number of benzene rings is 2. The maximum Gasteiger partial charge on any atom is 0.340 e. The number of sulfonamides is 1. The van der Waals surface area contributed by atoms with Gasteiger partial charge in [-0.15, -0.1) is 0 Å². The average Bonchev–Trinajstić information content (AvgIpc) is 3.61. The minimum atomic E-state index is -3.96. The number of nitrogens with one attached hydrogen (secondary N) is 1. The predicted octanol–water partition coefficient (Wildman–Crippen LogP) is 4.29. The summed E-state index contributed by atoms with van der Waals surface area (Å²) in [6.07, 6.45) is 2.20. The average molecular weight is 483 g/mol. The summed E-state index contributed by atoms with van der Waals surface area (Å²) in [6.45, 7) is 3.41. The molecule has 0 bridgehead atoms. The summed E-state index contributed by atoms with van der Waals surface area (Å²) in [5, 5.41) is 0. The van der Waals surface area contributed by atoms with Crippen molar-refractivity contribution in [3.05, 3.63) is 77.1 Å². The molecule has 2 aromatic carbocycles. The van der Waals surface area contributed by atoms with Crippen LogP contribution < -0.4 is 9.46 Å². The topological polar surface area (TPSA) is 104 Å². The van der Waals surface area contributed by atoms with E-state index in [-0.39, 0.29) is 21.9 Å². The number of ketones is 1. The van der Waals surface area contributed by atoms with Crippen molar-refractivity contribution in [2.75, 3.05) is 18.4 Å². The second-order valence-corrected chi connectivity index (χ2v) is 9.89. The molecule has 0 amide bonds. The van der Waals surface area contributed by atoms with Crippen LogP contribution >= 0.6 is 0 Å². The predicted molar refractivity (Wildman–Crippen MR) is 127 cm³/mol. The number of nitrogens with zero attached hydrogens (tertiary/aromatic N) is 1. The Morgan fingerprint density at radius 2 is 1.71 bits per heavy atom. The maximum atomic E-state index is 12.8. The van der Waals surface area contributed by atoms with Crippen LogP contribution in [-0.2, 0) is 14.8 Å². The van der Waals surface area contributed by atoms with E-state index < -0.39 is 22.6 Å². The lowest BCUT2D eigenvalue weighted by atomic mass is 10.1. The van der Waals surface area contributed by atoms with Gasteiger partial charge >= 0.3 is 5.97 Å². The fourth-order valence-electron chi connectivity index (χ4n) is 3.95. The first-order valence-corrected chi connectivity index (χ1v) is 12.3. The van der Waals surface area contributed by atoms with Crippen LogP contribution in [0.2, 0.25) is 0 Å². The Hall–Kier alpha value is -3.59. The first-order chi connectivity index (χ1) is 16.2. The van der Waals surface area contributed by atoms with Gasteiger partial charge in [-0.1, -0.05) is 12.1 Å². The molecule has 4 rings (SSSR count). The van der Waals surface area contributed by atoms with E-state index in [0.29, 0.717) is 17.4 Å². The van der Waals surface area contributed by atoms with Crippen LogP contribution in [0, 0.1) is 13.8 Å². The molecule has 9 heteroatoms. The van der Waals surface area contributed by atoms with Crippen LogP contribution in [0.3, 0.4) is 0 Å². The van der Waals surface area contributed by atoms with Crippen LogP contribution in [0.5, 0.6) is 5.75 Å². The number of ether oxygens (including phenoxy) is 2. The summed E-state index contributed by atoms with van der Waals surface area (Å²) in [7, 11) is -2.48. The zero-order chi connectivity index (χ0) is 24.5. The Balaban J connectivity index is 1.47. The van der Waals surface area contributed by atoms with Gasteiger partial charge in [-0.25, -0.2) is 13.2 Å². The van der Waals surface area contributed by atoms with E-state index in [0.717, 1.165) is 24.2 Å². The minimum absolute atomic E-state index is 0.0100. The van der Waals surface area contributed by atoms with Gasteiger partial charge in [-0.2, -0.15) is 0 Å². The first-order valence-electron chi connectivity index (χ1n) is 10.9. The Kier molecular flexibility index (Phi) is 6.47. The van der Waals surface area contributed by atoms with Gasteiger partial charge in [-0.05, 0) is 69.2 Å². The molecule has 1 heterocycles. The SMILES string of the molecule is COc1ccc(S(=O)(=O)Nc2ccccc2C(=O)OCC(=O)c2cc(C)n(C3CC3)c2C)cc1. The van der Waals surface area contributed by atoms with E-state index in [9.17, 15) is 18.0 Å². The molecule has 1 aromatic heterocycles. The van der Waals surface area contributed by atoms with Crippen molar-refractivity contribution in [3.63, 3.8) is 0 Å². The van der Waals surface area contributed by atoms with E-state index in [1.54, 1.807) is 12.1 Å². The number of para-hydroxylation sites is 1. The van der Waals surface area contributed by atoms with Gasteiger partial charge in [0.05, 0.1) is 23.3 Å². The molecule has 1 aliphatic rings. The number of aryl methyl sites for hydroxylation is 1. The lowest BCUT2D eigenvalue weighted by molar-refractivity contribution is 0.0475. The van der Waals surface area contributed by atoms with E-state index in [1.807, 2.05) is 19.9 Å². The van der Waals surface area contributed by atoms with Gasteiger partial charge in [0.2, 0.25) is 5.78 Å². The fourth-order valence-corrected chi connectivity index (χ4v) is 5.03. The lowest BCUT2D eigenvalue weighted by Gasteiger charge is -2.12. The number of anilines is 1. The number of aromatic nitrogens is 1. The second kappa shape index (κ2) is 9.34. The summed E-state index contributed by atoms with van der Waals surface area (Å²) in [5.41, 5.74) is 2.48. The smallest absolute Gasteiger partial charge is 0.340 e. The number of hydrogen-bond acceptors (Lipinski definition) is 6. The van der Waals surface area contributed by atoms with Gasteiger partial charge < -0.3 is 14.0 Å². The Labute approximate surface area is 198 Å². The van der Waals surface area contributed by atoms with Crippen LogP contribution in [0.25, 0.3) is 0 Å². The normalized spacial score (nSPS) is 13.4. The van der Waals surface area contributed by atoms with Gasteiger partial charge in [0.25, 0.3) is 10.0 Å². The van der Waals surface area contributed by atoms with Gasteiger partial charge in [-0.3, -0.25) is 9.52 Å². The standard InChI is InChI=1S/C25H26N2O6S/c1-16-14-22(17(2)27(16)18-8-9-18)24(28)15-33-25(29)21-6-4-5-7-23(21)26-34(30,31)20-12-10-19(32-3)11-13-20/h4-7,10-14,18,26H,8-9,15H2,1-3H3. The molecule has 8 nitrogen and oxygen atoms in total. The molecule has 0 aliphatic heterocycles. The third-order valence-corrected chi connectivity index (χ3v) is 7.17. The molecular weight excluding hydrogens is 456 g/mol. The number of carbonyl (C=O) groups excluding carboxylic acids is 2. The summed E-state index contributed by atoms with van der Waals surface area (Å²) in [6, 6.07) is 14.2. The number of rotatable bonds is 9. The number of esters is 1. The number of hydrogen-bond donors (Lipinski definition) is 1. The third kappa shape index (κ3) is 4.84. The molecule has 1 saturated carbocycles. The largest absolute Gasteiger partial charge is 0.497 e. The summed E-state index contributed by atoms with van der Waals surface area (Å²) in [4.78, 5) is 25.5. The Morgan fingerprint density at radius 3 is 2.35 bits per heavy atom. The minimum Gasteiger partial charge on any atom is -0.497 e. The molecule has 1 aliphatic carbocycles. The highest BCUT2D eigenvalue weighted by Crippen LogP contribution is 2.38. The molecule has 1 fully saturated rings. The molecular formula is C25H26N2O6S. The quantitative estimate of drug-likeness (QED) is 0.360. The molecule has 1 N–H and O–H groups in total. The van der Waals surface area contributed by atoms with E-state index >= 15 is 0 Å². The summed E-state index contributed by atoms with van der Waals surface area (Å²) < 4.78 is 40.5. The van der Waals surface area contributed by atoms with Crippen LogP contribution in [0.15, 0.2) is 59.5 Å². The van der Waals surface area contributed by atoms with Crippen molar-refractivity contribution in [1.82, 2.24) is 4.57 Å². The number of methoxy groups -OCH3 is 1. The zero-order valence-electron chi connectivity index (χ0n) is 19.2. The van der Waals surface area contributed by atoms with E-state index in [4.69, 9.17) is 9.47 Å². The molecule has 3 aromatic rings. The molecule has 0 radical (unpaired) electrons. The Bertz CT molecular complexity index is 1340. The first kappa shape index (κ1) is 23.6. The van der Waals surface area contributed by atoms with Gasteiger partial charge in [0.1, 0.15) is 5.75 Å². The van der Waals surface area contributed by atoms with Crippen molar-refractivity contribution in [3.8, 4) is 5.75 Å². The highest BCUT2D eigenvalue weighted by molar-refractivity contribution is 7.92. The fraction of sp³-hybridized carbons (Fsp3) is 0.280. The highest BCUT2D eigenvalue weighted by Gasteiger charge is 2.28. The van der Waals surface area contributed by atoms with Crippen molar-refractivity contribution < 1.29 is 27.5 Å². The van der Waals surface area contributed by atoms with Crippen LogP contribution in [0.4, 0.5) is 5.69 Å². The molecule has 34 heavy (non-hydrogen) atoms. The maximum absolute atomic E-state index is 12.8. The molecule has 0 atom stereocenters. The summed E-state index contributed by atoms with van der Waals surface area (Å²) >= 11 is 0. The van der Waals surface area contributed by atoms with Crippen molar-refractivity contribution >= 4 is 27.5 Å². The van der Waals surface area contributed by atoms with E-state index in [2.05, 4.69) is 9.29 Å². The van der Waals surface area contributed by atoms with Crippen LogP contribution in [-0.4, -0.2) is 38.5 Å². The summed E-state index contributed by atoms with van der Waals surface area (Å²) in [5.74, 6) is -0.576.